The Bertz CT molecular complexity index is 453. The quantitative estimate of drug-likeness (QED) is 0.926. The Balaban J connectivity index is 1.91. The highest BCUT2D eigenvalue weighted by Crippen LogP contribution is 2.36. The Hall–Kier alpha value is -1.04. The first-order chi connectivity index (χ1) is 10.3. The Morgan fingerprint density at radius 2 is 1.86 bits per heavy atom. The summed E-state index contributed by atoms with van der Waals surface area (Å²) in [6, 6.07) is 4.49. The molecule has 0 bridgehead atoms. The highest BCUT2D eigenvalue weighted by atomic mass is 19.2. The number of hydrogen-bond donors (Lipinski definition) is 1. The van der Waals surface area contributed by atoms with E-state index in [2.05, 4.69) is 10.2 Å². The monoisotopic (exact) mass is 296 g/mol. The van der Waals surface area contributed by atoms with Crippen molar-refractivity contribution in [3.8, 4) is 0 Å². The van der Waals surface area contributed by atoms with Gasteiger partial charge in [-0.25, -0.2) is 8.78 Å². The molecule has 0 saturated carbocycles. The number of nitrogens with one attached hydrogen (secondary N) is 1. The lowest BCUT2D eigenvalue weighted by Gasteiger charge is -2.41. The zero-order chi connectivity index (χ0) is 14.7. The standard InChI is InChI=1S/C16H22F2N2O/c17-14-3-1-2-13(15(14)18)16(12-4-10-21-11-5-12)20-8-6-19-7-9-20/h1-3,12,16,19H,4-11H2/t16-/m1/s1. The molecule has 0 unspecified atom stereocenters. The molecule has 1 atom stereocenters. The normalized spacial score (nSPS) is 23.1. The lowest BCUT2D eigenvalue weighted by molar-refractivity contribution is 0.0201. The maximum Gasteiger partial charge on any atom is 0.163 e. The second-order valence-corrected chi connectivity index (χ2v) is 5.82. The highest BCUT2D eigenvalue weighted by molar-refractivity contribution is 5.24. The van der Waals surface area contributed by atoms with E-state index in [1.165, 1.54) is 6.07 Å². The minimum absolute atomic E-state index is 0.0494. The van der Waals surface area contributed by atoms with Gasteiger partial charge in [0.15, 0.2) is 11.6 Å². The molecular weight excluding hydrogens is 274 g/mol. The molecule has 3 rings (SSSR count). The van der Waals surface area contributed by atoms with Crippen LogP contribution in [0, 0.1) is 17.6 Å². The van der Waals surface area contributed by atoms with Crippen molar-refractivity contribution in [2.45, 2.75) is 18.9 Å². The van der Waals surface area contributed by atoms with Crippen LogP contribution in [0.4, 0.5) is 8.78 Å². The van der Waals surface area contributed by atoms with Gasteiger partial charge in [0.1, 0.15) is 0 Å². The molecule has 2 heterocycles. The Kier molecular flexibility index (Phi) is 4.83. The van der Waals surface area contributed by atoms with Gasteiger partial charge in [-0.15, -0.1) is 0 Å². The third kappa shape index (κ3) is 3.25. The molecule has 1 aromatic carbocycles. The van der Waals surface area contributed by atoms with Gasteiger partial charge in [-0.05, 0) is 24.8 Å². The van der Waals surface area contributed by atoms with Crippen LogP contribution in [0.3, 0.4) is 0 Å². The molecule has 1 aromatic rings. The zero-order valence-electron chi connectivity index (χ0n) is 12.2. The van der Waals surface area contributed by atoms with Crippen molar-refractivity contribution in [3.05, 3.63) is 35.4 Å². The van der Waals surface area contributed by atoms with Crippen LogP contribution in [0.25, 0.3) is 0 Å². The van der Waals surface area contributed by atoms with E-state index in [1.807, 2.05) is 0 Å². The van der Waals surface area contributed by atoms with Gasteiger partial charge < -0.3 is 10.1 Å². The lowest BCUT2D eigenvalue weighted by Crippen LogP contribution is -2.47. The fourth-order valence-corrected chi connectivity index (χ4v) is 3.49. The average molecular weight is 296 g/mol. The molecule has 5 heteroatoms. The second-order valence-electron chi connectivity index (χ2n) is 5.82. The van der Waals surface area contributed by atoms with Crippen molar-refractivity contribution < 1.29 is 13.5 Å². The Morgan fingerprint density at radius 3 is 2.57 bits per heavy atom. The molecule has 1 N–H and O–H groups in total. The molecule has 0 aromatic heterocycles. The van der Waals surface area contributed by atoms with Crippen LogP contribution in [0.2, 0.25) is 0 Å². The summed E-state index contributed by atoms with van der Waals surface area (Å²) in [6.45, 7) is 4.97. The molecule has 0 radical (unpaired) electrons. The van der Waals surface area contributed by atoms with Crippen LogP contribution in [0.1, 0.15) is 24.4 Å². The van der Waals surface area contributed by atoms with Crippen LogP contribution in [0.5, 0.6) is 0 Å². The second kappa shape index (κ2) is 6.81. The number of benzene rings is 1. The molecule has 0 aliphatic carbocycles. The Labute approximate surface area is 124 Å². The van der Waals surface area contributed by atoms with Gasteiger partial charge in [0.2, 0.25) is 0 Å². The largest absolute Gasteiger partial charge is 0.381 e. The molecule has 21 heavy (non-hydrogen) atoms. The van der Waals surface area contributed by atoms with Crippen molar-refractivity contribution in [1.82, 2.24) is 10.2 Å². The fourth-order valence-electron chi connectivity index (χ4n) is 3.49. The number of piperazine rings is 1. The third-order valence-electron chi connectivity index (χ3n) is 4.56. The van der Waals surface area contributed by atoms with E-state index in [0.29, 0.717) is 24.7 Å². The van der Waals surface area contributed by atoms with E-state index in [1.54, 1.807) is 12.1 Å². The SMILES string of the molecule is Fc1cccc([C@@H](C2CCOCC2)N2CCNCC2)c1F. The number of rotatable bonds is 3. The molecule has 0 spiro atoms. The summed E-state index contributed by atoms with van der Waals surface area (Å²) in [5.74, 6) is -1.11. The van der Waals surface area contributed by atoms with Gasteiger partial charge in [0, 0.05) is 51.0 Å². The highest BCUT2D eigenvalue weighted by Gasteiger charge is 2.33. The molecule has 2 aliphatic rings. The van der Waals surface area contributed by atoms with Crippen LogP contribution < -0.4 is 5.32 Å². The maximum absolute atomic E-state index is 14.3. The van der Waals surface area contributed by atoms with Crippen molar-refractivity contribution in [3.63, 3.8) is 0 Å². The molecule has 2 aliphatic heterocycles. The van der Waals surface area contributed by atoms with Gasteiger partial charge in [-0.1, -0.05) is 12.1 Å². The van der Waals surface area contributed by atoms with Gasteiger partial charge >= 0.3 is 0 Å². The van der Waals surface area contributed by atoms with Gasteiger partial charge in [0.05, 0.1) is 0 Å². The summed E-state index contributed by atoms with van der Waals surface area (Å²) in [5.41, 5.74) is 0.504. The van der Waals surface area contributed by atoms with E-state index in [-0.39, 0.29) is 6.04 Å². The first-order valence-electron chi connectivity index (χ1n) is 7.74. The summed E-state index contributed by atoms with van der Waals surface area (Å²) >= 11 is 0. The van der Waals surface area contributed by atoms with Crippen molar-refractivity contribution in [2.75, 3.05) is 39.4 Å². The average Bonchev–Trinajstić information content (AvgIpc) is 2.54. The summed E-state index contributed by atoms with van der Waals surface area (Å²) in [5, 5.41) is 3.32. The molecule has 116 valence electrons. The van der Waals surface area contributed by atoms with Crippen LogP contribution in [-0.4, -0.2) is 44.3 Å². The number of hydrogen-bond acceptors (Lipinski definition) is 3. The maximum atomic E-state index is 14.3. The molecular formula is C16H22F2N2O. The van der Waals surface area contributed by atoms with Gasteiger partial charge in [-0.2, -0.15) is 0 Å². The fraction of sp³-hybridized carbons (Fsp3) is 0.625. The van der Waals surface area contributed by atoms with Crippen LogP contribution in [0.15, 0.2) is 18.2 Å². The van der Waals surface area contributed by atoms with Gasteiger partial charge in [0.25, 0.3) is 0 Å². The number of nitrogens with zero attached hydrogens (tertiary/aromatic N) is 1. The predicted octanol–water partition coefficient (Wildman–Crippen LogP) is 2.34. The number of halogens is 2. The first-order valence-corrected chi connectivity index (χ1v) is 7.74. The lowest BCUT2D eigenvalue weighted by atomic mass is 9.85. The van der Waals surface area contributed by atoms with E-state index in [9.17, 15) is 8.78 Å². The van der Waals surface area contributed by atoms with Crippen molar-refractivity contribution >= 4 is 0 Å². The van der Waals surface area contributed by atoms with Gasteiger partial charge in [-0.3, -0.25) is 4.90 Å². The van der Waals surface area contributed by atoms with Crippen molar-refractivity contribution in [2.24, 2.45) is 5.92 Å². The van der Waals surface area contributed by atoms with E-state index < -0.39 is 11.6 Å². The summed E-state index contributed by atoms with van der Waals surface area (Å²) in [4.78, 5) is 2.30. The summed E-state index contributed by atoms with van der Waals surface area (Å²) < 4.78 is 33.4. The molecule has 0 amide bonds. The molecule has 3 nitrogen and oxygen atoms in total. The summed E-state index contributed by atoms with van der Waals surface area (Å²) in [6.07, 6.45) is 1.81. The third-order valence-corrected chi connectivity index (χ3v) is 4.56. The topological polar surface area (TPSA) is 24.5 Å². The van der Waals surface area contributed by atoms with Crippen LogP contribution in [-0.2, 0) is 4.74 Å². The van der Waals surface area contributed by atoms with E-state index in [0.717, 1.165) is 39.0 Å². The summed E-state index contributed by atoms with van der Waals surface area (Å²) in [7, 11) is 0. The number of ether oxygens (including phenoxy) is 1. The minimum Gasteiger partial charge on any atom is -0.381 e. The first kappa shape index (κ1) is 14.9. The Morgan fingerprint density at radius 1 is 1.14 bits per heavy atom. The van der Waals surface area contributed by atoms with E-state index in [4.69, 9.17) is 4.74 Å². The minimum atomic E-state index is -0.750. The smallest absolute Gasteiger partial charge is 0.163 e. The predicted molar refractivity (Wildman–Crippen MR) is 77.1 cm³/mol. The molecule has 2 saturated heterocycles. The van der Waals surface area contributed by atoms with E-state index >= 15 is 0 Å². The zero-order valence-corrected chi connectivity index (χ0v) is 12.2. The molecule has 2 fully saturated rings. The van der Waals surface area contributed by atoms with Crippen LogP contribution >= 0.6 is 0 Å². The van der Waals surface area contributed by atoms with Crippen molar-refractivity contribution in [1.29, 1.82) is 0 Å².